The molecule has 2 rings (SSSR count). The van der Waals surface area contributed by atoms with Crippen molar-refractivity contribution in [2.24, 2.45) is 0 Å². The Kier molecular flexibility index (Phi) is 8.35. The van der Waals surface area contributed by atoms with Gasteiger partial charge in [0.2, 0.25) is 0 Å². The first kappa shape index (κ1) is 21.0. The maximum atomic E-state index is 4.12. The molecule has 0 aromatic heterocycles. The SMILES string of the molecule is C=C(CC)c1ccc(CN(C)c2cccc(/C(=C/CC)CCNC)c2)cc1. The highest BCUT2D eigenvalue weighted by atomic mass is 15.1. The van der Waals surface area contributed by atoms with Crippen LogP contribution >= 0.6 is 0 Å². The first-order chi connectivity index (χ1) is 13.1. The fourth-order valence-corrected chi connectivity index (χ4v) is 3.23. The predicted octanol–water partition coefficient (Wildman–Crippen LogP) is 6.15. The van der Waals surface area contributed by atoms with Crippen LogP contribution in [0.1, 0.15) is 49.8 Å². The average Bonchev–Trinajstić information content (AvgIpc) is 2.71. The minimum Gasteiger partial charge on any atom is -0.370 e. The molecule has 2 heteroatoms. The van der Waals surface area contributed by atoms with E-state index in [9.17, 15) is 0 Å². The zero-order valence-electron chi connectivity index (χ0n) is 17.4. The first-order valence-electron chi connectivity index (χ1n) is 10.0. The number of allylic oxidation sites excluding steroid dienone is 2. The number of nitrogens with one attached hydrogen (secondary N) is 1. The van der Waals surface area contributed by atoms with Crippen molar-refractivity contribution in [2.75, 3.05) is 25.5 Å². The molecule has 0 heterocycles. The van der Waals surface area contributed by atoms with Gasteiger partial charge in [0.15, 0.2) is 0 Å². The summed E-state index contributed by atoms with van der Waals surface area (Å²) in [5, 5.41) is 3.26. The van der Waals surface area contributed by atoms with E-state index >= 15 is 0 Å². The lowest BCUT2D eigenvalue weighted by molar-refractivity contribution is 0.814. The van der Waals surface area contributed by atoms with Crippen LogP contribution in [0.25, 0.3) is 11.1 Å². The monoisotopic (exact) mass is 362 g/mol. The highest BCUT2D eigenvalue weighted by molar-refractivity contribution is 5.69. The topological polar surface area (TPSA) is 15.3 Å². The molecule has 0 saturated heterocycles. The molecule has 0 saturated carbocycles. The number of hydrogen-bond donors (Lipinski definition) is 1. The number of hydrogen-bond acceptors (Lipinski definition) is 2. The summed E-state index contributed by atoms with van der Waals surface area (Å²) >= 11 is 0. The minimum atomic E-state index is 0.895. The van der Waals surface area contributed by atoms with Gasteiger partial charge >= 0.3 is 0 Å². The Hall–Kier alpha value is -2.32. The van der Waals surface area contributed by atoms with Crippen LogP contribution < -0.4 is 10.2 Å². The van der Waals surface area contributed by atoms with E-state index in [1.807, 2.05) is 7.05 Å². The Labute approximate surface area is 165 Å². The van der Waals surface area contributed by atoms with Crippen LogP contribution in [0.15, 0.2) is 61.2 Å². The molecular weight excluding hydrogens is 328 g/mol. The van der Waals surface area contributed by atoms with E-state index in [0.29, 0.717) is 0 Å². The number of nitrogens with zero attached hydrogens (tertiary/aromatic N) is 1. The molecule has 144 valence electrons. The number of rotatable bonds is 10. The zero-order valence-corrected chi connectivity index (χ0v) is 17.4. The Morgan fingerprint density at radius 3 is 2.44 bits per heavy atom. The van der Waals surface area contributed by atoms with Crippen molar-refractivity contribution in [3.8, 4) is 0 Å². The van der Waals surface area contributed by atoms with Gasteiger partial charge in [0.1, 0.15) is 0 Å². The zero-order chi connectivity index (χ0) is 19.6. The summed E-state index contributed by atoms with van der Waals surface area (Å²) in [6, 6.07) is 17.7. The van der Waals surface area contributed by atoms with Crippen molar-refractivity contribution in [2.45, 2.75) is 39.7 Å². The highest BCUT2D eigenvalue weighted by Crippen LogP contribution is 2.25. The van der Waals surface area contributed by atoms with Gasteiger partial charge in [0.25, 0.3) is 0 Å². The lowest BCUT2D eigenvalue weighted by Gasteiger charge is -2.21. The molecule has 2 aromatic rings. The molecule has 2 nitrogen and oxygen atoms in total. The van der Waals surface area contributed by atoms with Crippen LogP contribution in [0.4, 0.5) is 5.69 Å². The first-order valence-corrected chi connectivity index (χ1v) is 10.0. The van der Waals surface area contributed by atoms with Crippen LogP contribution in [0, 0.1) is 0 Å². The normalized spacial score (nSPS) is 11.5. The molecule has 2 aromatic carbocycles. The van der Waals surface area contributed by atoms with Gasteiger partial charge in [-0.2, -0.15) is 0 Å². The molecule has 0 atom stereocenters. The maximum Gasteiger partial charge on any atom is 0.0426 e. The second-order valence-corrected chi connectivity index (χ2v) is 7.05. The summed E-state index contributed by atoms with van der Waals surface area (Å²) in [7, 11) is 4.17. The minimum absolute atomic E-state index is 0.895. The molecule has 0 amide bonds. The summed E-state index contributed by atoms with van der Waals surface area (Å²) in [5.41, 5.74) is 7.75. The molecule has 27 heavy (non-hydrogen) atoms. The van der Waals surface area contributed by atoms with Gasteiger partial charge in [-0.3, -0.25) is 0 Å². The molecule has 0 unspecified atom stereocenters. The number of benzene rings is 2. The Balaban J connectivity index is 2.13. The van der Waals surface area contributed by atoms with E-state index in [4.69, 9.17) is 0 Å². The van der Waals surface area contributed by atoms with E-state index in [0.717, 1.165) is 32.4 Å². The van der Waals surface area contributed by atoms with Crippen molar-refractivity contribution in [3.05, 3.63) is 77.9 Å². The van der Waals surface area contributed by atoms with E-state index in [1.165, 1.54) is 33.5 Å². The van der Waals surface area contributed by atoms with Gasteiger partial charge in [-0.15, -0.1) is 0 Å². The lowest BCUT2D eigenvalue weighted by atomic mass is 10.0. The molecule has 0 fully saturated rings. The van der Waals surface area contributed by atoms with Crippen molar-refractivity contribution in [1.29, 1.82) is 0 Å². The predicted molar refractivity (Wildman–Crippen MR) is 121 cm³/mol. The van der Waals surface area contributed by atoms with Crippen molar-refractivity contribution < 1.29 is 0 Å². The maximum absolute atomic E-state index is 4.12. The van der Waals surface area contributed by atoms with Crippen molar-refractivity contribution in [3.63, 3.8) is 0 Å². The van der Waals surface area contributed by atoms with Gasteiger partial charge in [-0.25, -0.2) is 0 Å². The van der Waals surface area contributed by atoms with Crippen LogP contribution in [-0.2, 0) is 6.54 Å². The van der Waals surface area contributed by atoms with Gasteiger partial charge in [-0.05, 0) is 72.8 Å². The van der Waals surface area contributed by atoms with E-state index in [1.54, 1.807) is 0 Å². The molecule has 0 aliphatic carbocycles. The Morgan fingerprint density at radius 2 is 1.81 bits per heavy atom. The van der Waals surface area contributed by atoms with Gasteiger partial charge < -0.3 is 10.2 Å². The summed E-state index contributed by atoms with van der Waals surface area (Å²) in [6.07, 6.45) is 5.46. The van der Waals surface area contributed by atoms with Gasteiger partial charge in [-0.1, -0.05) is 62.9 Å². The van der Waals surface area contributed by atoms with Crippen LogP contribution in [0.2, 0.25) is 0 Å². The summed E-state index contributed by atoms with van der Waals surface area (Å²) in [5.74, 6) is 0. The van der Waals surface area contributed by atoms with Crippen LogP contribution in [-0.4, -0.2) is 20.6 Å². The Morgan fingerprint density at radius 1 is 1.07 bits per heavy atom. The largest absolute Gasteiger partial charge is 0.370 e. The molecular formula is C25H34N2. The van der Waals surface area contributed by atoms with E-state index in [2.05, 4.69) is 92.3 Å². The Bertz CT molecular complexity index is 756. The fraction of sp³-hybridized carbons (Fsp3) is 0.360. The molecule has 0 aliphatic rings. The van der Waals surface area contributed by atoms with Crippen molar-refractivity contribution >= 4 is 16.8 Å². The van der Waals surface area contributed by atoms with Crippen LogP contribution in [0.3, 0.4) is 0 Å². The third-order valence-electron chi connectivity index (χ3n) is 4.96. The third-order valence-corrected chi connectivity index (χ3v) is 4.96. The standard InChI is InChI=1S/C25H34N2/c1-6-9-23(16-17-26-4)24-10-8-11-25(18-24)27(5)19-21-12-14-22(15-13-21)20(3)7-2/h8-15,18,26H,3,6-7,16-17,19H2,1-2,4-5H3/b23-9+. The lowest BCUT2D eigenvalue weighted by Crippen LogP contribution is -2.16. The summed E-state index contributed by atoms with van der Waals surface area (Å²) in [6.45, 7) is 10.4. The quantitative estimate of drug-likeness (QED) is 0.545. The molecule has 0 spiro atoms. The summed E-state index contributed by atoms with van der Waals surface area (Å²) < 4.78 is 0. The van der Waals surface area contributed by atoms with E-state index < -0.39 is 0 Å². The van der Waals surface area contributed by atoms with Crippen molar-refractivity contribution in [1.82, 2.24) is 5.32 Å². The molecule has 1 N–H and O–H groups in total. The smallest absolute Gasteiger partial charge is 0.0426 e. The second kappa shape index (κ2) is 10.7. The summed E-state index contributed by atoms with van der Waals surface area (Å²) in [4.78, 5) is 2.31. The molecule has 0 radical (unpaired) electrons. The van der Waals surface area contributed by atoms with Gasteiger partial charge in [0, 0.05) is 19.3 Å². The fourth-order valence-electron chi connectivity index (χ4n) is 3.23. The second-order valence-electron chi connectivity index (χ2n) is 7.05. The number of anilines is 1. The highest BCUT2D eigenvalue weighted by Gasteiger charge is 2.07. The van der Waals surface area contributed by atoms with E-state index in [-0.39, 0.29) is 0 Å². The molecule has 0 bridgehead atoms. The van der Waals surface area contributed by atoms with Gasteiger partial charge in [0.05, 0.1) is 0 Å². The van der Waals surface area contributed by atoms with Crippen LogP contribution in [0.5, 0.6) is 0 Å². The third kappa shape index (κ3) is 6.11. The molecule has 0 aliphatic heterocycles. The average molecular weight is 363 g/mol.